The van der Waals surface area contributed by atoms with Crippen molar-refractivity contribution in [2.24, 2.45) is 5.73 Å². The standard InChI is InChI=1S/C15H13BrN4O/c1-2-5-11(17)15-19-14(20-21-15)13-10(16)8-9-6-3-4-7-12(9)18-13/h2-4,6-8,11H,1,5,17H2. The molecule has 3 aromatic rings. The summed E-state index contributed by atoms with van der Waals surface area (Å²) in [6.45, 7) is 3.65. The molecule has 0 aliphatic rings. The van der Waals surface area contributed by atoms with E-state index in [4.69, 9.17) is 10.3 Å². The van der Waals surface area contributed by atoms with Gasteiger partial charge in [-0.3, -0.25) is 0 Å². The van der Waals surface area contributed by atoms with Gasteiger partial charge < -0.3 is 10.3 Å². The van der Waals surface area contributed by atoms with Gasteiger partial charge in [0.05, 0.1) is 11.6 Å². The molecule has 1 unspecified atom stereocenters. The van der Waals surface area contributed by atoms with Crippen LogP contribution in [0.25, 0.3) is 22.4 Å². The van der Waals surface area contributed by atoms with Crippen molar-refractivity contribution in [1.82, 2.24) is 15.1 Å². The Morgan fingerprint density at radius 3 is 2.95 bits per heavy atom. The predicted octanol–water partition coefficient (Wildman–Crippen LogP) is 3.62. The summed E-state index contributed by atoms with van der Waals surface area (Å²) in [6, 6.07) is 9.49. The number of nitrogens with zero attached hydrogens (tertiary/aromatic N) is 3. The first-order valence-corrected chi connectivity index (χ1v) is 7.24. The van der Waals surface area contributed by atoms with Crippen LogP contribution in [0.3, 0.4) is 0 Å². The second-order valence-corrected chi connectivity index (χ2v) is 5.45. The minimum absolute atomic E-state index is 0.344. The highest BCUT2D eigenvalue weighted by molar-refractivity contribution is 9.10. The number of aromatic nitrogens is 3. The molecule has 1 aromatic carbocycles. The lowest BCUT2D eigenvalue weighted by Gasteiger charge is -2.02. The molecule has 2 N–H and O–H groups in total. The molecular formula is C15H13BrN4O. The first-order valence-electron chi connectivity index (χ1n) is 6.45. The van der Waals surface area contributed by atoms with Crippen LogP contribution in [0.4, 0.5) is 0 Å². The highest BCUT2D eigenvalue weighted by atomic mass is 79.9. The Hall–Kier alpha value is -2.05. The Kier molecular flexibility index (Phi) is 3.81. The van der Waals surface area contributed by atoms with Gasteiger partial charge in [0.2, 0.25) is 11.7 Å². The van der Waals surface area contributed by atoms with Crippen molar-refractivity contribution in [3.05, 3.63) is 53.4 Å². The van der Waals surface area contributed by atoms with Gasteiger partial charge >= 0.3 is 0 Å². The summed E-state index contributed by atoms with van der Waals surface area (Å²) in [5, 5.41) is 5.01. The quantitative estimate of drug-likeness (QED) is 0.731. The average molecular weight is 345 g/mol. The minimum Gasteiger partial charge on any atom is -0.337 e. The van der Waals surface area contributed by atoms with E-state index in [1.807, 2.05) is 30.3 Å². The highest BCUT2D eigenvalue weighted by Gasteiger charge is 2.17. The van der Waals surface area contributed by atoms with Gasteiger partial charge in [-0.25, -0.2) is 4.98 Å². The third-order valence-electron chi connectivity index (χ3n) is 3.07. The number of para-hydroxylation sites is 1. The fraction of sp³-hybridized carbons (Fsp3) is 0.133. The molecule has 0 saturated heterocycles. The normalized spacial score (nSPS) is 12.5. The van der Waals surface area contributed by atoms with Crippen molar-refractivity contribution in [1.29, 1.82) is 0 Å². The lowest BCUT2D eigenvalue weighted by Crippen LogP contribution is -2.09. The number of fused-ring (bicyclic) bond motifs is 1. The Morgan fingerprint density at radius 2 is 2.14 bits per heavy atom. The van der Waals surface area contributed by atoms with Crippen LogP contribution in [0.15, 0.2) is 52.0 Å². The summed E-state index contributed by atoms with van der Waals surface area (Å²) in [5.41, 5.74) is 7.43. The number of benzene rings is 1. The lowest BCUT2D eigenvalue weighted by atomic mass is 10.2. The summed E-state index contributed by atoms with van der Waals surface area (Å²) in [5.74, 6) is 0.800. The van der Waals surface area contributed by atoms with E-state index in [1.54, 1.807) is 6.08 Å². The zero-order valence-electron chi connectivity index (χ0n) is 11.2. The molecule has 3 rings (SSSR count). The maximum absolute atomic E-state index is 5.93. The number of hydrogen-bond donors (Lipinski definition) is 1. The second-order valence-electron chi connectivity index (χ2n) is 4.60. The van der Waals surface area contributed by atoms with E-state index in [0.29, 0.717) is 23.8 Å². The number of rotatable bonds is 4. The topological polar surface area (TPSA) is 77.8 Å². The Bertz CT molecular complexity index is 799. The number of pyridine rings is 1. The van der Waals surface area contributed by atoms with Crippen molar-refractivity contribution in [3.8, 4) is 11.5 Å². The van der Waals surface area contributed by atoms with E-state index in [1.165, 1.54) is 0 Å². The molecule has 106 valence electrons. The smallest absolute Gasteiger partial charge is 0.244 e. The molecule has 0 fully saturated rings. The molecule has 0 aliphatic carbocycles. The van der Waals surface area contributed by atoms with E-state index in [9.17, 15) is 0 Å². The van der Waals surface area contributed by atoms with Crippen LogP contribution in [0, 0.1) is 0 Å². The van der Waals surface area contributed by atoms with Gasteiger partial charge in [-0.05, 0) is 34.5 Å². The van der Waals surface area contributed by atoms with Gasteiger partial charge in [0.1, 0.15) is 5.69 Å². The molecule has 6 heteroatoms. The van der Waals surface area contributed by atoms with Crippen LogP contribution in [0.2, 0.25) is 0 Å². The van der Waals surface area contributed by atoms with Gasteiger partial charge in [0.25, 0.3) is 0 Å². The number of halogens is 1. The minimum atomic E-state index is -0.344. The molecule has 2 heterocycles. The fourth-order valence-electron chi connectivity index (χ4n) is 2.01. The van der Waals surface area contributed by atoms with Gasteiger partial charge in [0.15, 0.2) is 0 Å². The van der Waals surface area contributed by atoms with Gasteiger partial charge in [0, 0.05) is 9.86 Å². The predicted molar refractivity (Wildman–Crippen MR) is 84.5 cm³/mol. The molecular weight excluding hydrogens is 332 g/mol. The van der Waals surface area contributed by atoms with Crippen LogP contribution < -0.4 is 5.73 Å². The van der Waals surface area contributed by atoms with Gasteiger partial charge in [-0.2, -0.15) is 4.98 Å². The molecule has 21 heavy (non-hydrogen) atoms. The third-order valence-corrected chi connectivity index (χ3v) is 3.67. The molecule has 0 bridgehead atoms. The van der Waals surface area contributed by atoms with Crippen molar-refractivity contribution >= 4 is 26.8 Å². The van der Waals surface area contributed by atoms with Crippen molar-refractivity contribution in [2.45, 2.75) is 12.5 Å². The fourth-order valence-corrected chi connectivity index (χ4v) is 2.52. The zero-order valence-corrected chi connectivity index (χ0v) is 12.7. The zero-order chi connectivity index (χ0) is 14.8. The van der Waals surface area contributed by atoms with Crippen LogP contribution in [-0.2, 0) is 0 Å². The monoisotopic (exact) mass is 344 g/mol. The number of nitrogens with two attached hydrogens (primary N) is 1. The molecule has 0 aliphatic heterocycles. The van der Waals surface area contributed by atoms with Gasteiger partial charge in [-0.15, -0.1) is 6.58 Å². The van der Waals surface area contributed by atoms with Crippen LogP contribution in [-0.4, -0.2) is 15.1 Å². The van der Waals surface area contributed by atoms with Crippen LogP contribution in [0.1, 0.15) is 18.4 Å². The maximum atomic E-state index is 5.93. The van der Waals surface area contributed by atoms with Gasteiger partial charge in [-0.1, -0.05) is 29.4 Å². The Balaban J connectivity index is 2.04. The maximum Gasteiger partial charge on any atom is 0.244 e. The Labute approximate surface area is 130 Å². The van der Waals surface area contributed by atoms with Crippen molar-refractivity contribution in [2.75, 3.05) is 0 Å². The molecule has 5 nitrogen and oxygen atoms in total. The average Bonchev–Trinajstić information content (AvgIpc) is 2.96. The van der Waals surface area contributed by atoms with E-state index in [0.717, 1.165) is 15.4 Å². The van der Waals surface area contributed by atoms with Crippen molar-refractivity contribution < 1.29 is 4.52 Å². The summed E-state index contributed by atoms with van der Waals surface area (Å²) in [7, 11) is 0. The summed E-state index contributed by atoms with van der Waals surface area (Å²) < 4.78 is 6.02. The van der Waals surface area contributed by atoms with Crippen LogP contribution >= 0.6 is 15.9 Å². The molecule has 2 aromatic heterocycles. The van der Waals surface area contributed by atoms with E-state index >= 15 is 0 Å². The second kappa shape index (κ2) is 5.75. The molecule has 1 atom stereocenters. The first-order chi connectivity index (χ1) is 10.2. The lowest BCUT2D eigenvalue weighted by molar-refractivity contribution is 0.355. The molecule has 0 amide bonds. The molecule has 0 radical (unpaired) electrons. The largest absolute Gasteiger partial charge is 0.337 e. The summed E-state index contributed by atoms with van der Waals surface area (Å²) in [4.78, 5) is 8.89. The SMILES string of the molecule is C=CCC(N)c1nc(-c2nc3ccccc3cc2Br)no1. The van der Waals surface area contributed by atoms with E-state index < -0.39 is 0 Å². The Morgan fingerprint density at radius 1 is 1.33 bits per heavy atom. The first kappa shape index (κ1) is 13.9. The highest BCUT2D eigenvalue weighted by Crippen LogP contribution is 2.28. The van der Waals surface area contributed by atoms with Crippen molar-refractivity contribution in [3.63, 3.8) is 0 Å². The number of hydrogen-bond acceptors (Lipinski definition) is 5. The summed E-state index contributed by atoms with van der Waals surface area (Å²) in [6.07, 6.45) is 2.30. The molecule has 0 saturated carbocycles. The van der Waals surface area contributed by atoms with E-state index in [-0.39, 0.29) is 6.04 Å². The van der Waals surface area contributed by atoms with E-state index in [2.05, 4.69) is 37.6 Å². The third kappa shape index (κ3) is 2.72. The summed E-state index contributed by atoms with van der Waals surface area (Å²) >= 11 is 3.50. The molecule has 0 spiro atoms. The van der Waals surface area contributed by atoms with Crippen LogP contribution in [0.5, 0.6) is 0 Å².